The number of carbonyl (C=O) groups is 1. The van der Waals surface area contributed by atoms with Crippen molar-refractivity contribution >= 4 is 11.6 Å². The number of aryl methyl sites for hydroxylation is 1. The summed E-state index contributed by atoms with van der Waals surface area (Å²) in [5.41, 5.74) is 4.28. The fourth-order valence-electron chi connectivity index (χ4n) is 4.07. The van der Waals surface area contributed by atoms with Gasteiger partial charge in [-0.25, -0.2) is 0 Å². The molecule has 1 aromatic rings. The van der Waals surface area contributed by atoms with Crippen LogP contribution in [0.3, 0.4) is 0 Å². The Morgan fingerprint density at radius 1 is 1.08 bits per heavy atom. The second-order valence-corrected chi connectivity index (χ2v) is 7.80. The van der Waals surface area contributed by atoms with Gasteiger partial charge in [0.25, 0.3) is 0 Å². The van der Waals surface area contributed by atoms with Gasteiger partial charge in [-0.05, 0) is 48.8 Å². The summed E-state index contributed by atoms with van der Waals surface area (Å²) in [4.78, 5) is 19.2. The zero-order chi connectivity index (χ0) is 16.5. The van der Waals surface area contributed by atoms with Gasteiger partial charge in [-0.15, -0.1) is 0 Å². The van der Waals surface area contributed by atoms with E-state index in [4.69, 9.17) is 0 Å². The number of fused-ring (bicyclic) bond motifs is 1. The minimum absolute atomic E-state index is 0.358. The molecule has 3 aliphatic rings. The Bertz CT molecular complexity index is 611. The van der Waals surface area contributed by atoms with Gasteiger partial charge in [0.2, 0.25) is 5.91 Å². The first kappa shape index (κ1) is 15.9. The highest BCUT2D eigenvalue weighted by Gasteiger charge is 2.28. The molecule has 24 heavy (non-hydrogen) atoms. The van der Waals surface area contributed by atoms with Gasteiger partial charge in [0, 0.05) is 58.4 Å². The van der Waals surface area contributed by atoms with Gasteiger partial charge < -0.3 is 9.80 Å². The maximum atomic E-state index is 12.3. The number of benzene rings is 1. The van der Waals surface area contributed by atoms with E-state index in [1.54, 1.807) is 0 Å². The van der Waals surface area contributed by atoms with Gasteiger partial charge in [0.1, 0.15) is 0 Å². The first-order valence-corrected chi connectivity index (χ1v) is 9.52. The quantitative estimate of drug-likeness (QED) is 0.850. The Balaban J connectivity index is 1.39. The van der Waals surface area contributed by atoms with Gasteiger partial charge in [-0.3, -0.25) is 9.69 Å². The lowest BCUT2D eigenvalue weighted by atomic mass is 9.99. The van der Waals surface area contributed by atoms with Gasteiger partial charge in [-0.2, -0.15) is 0 Å². The van der Waals surface area contributed by atoms with Crippen LogP contribution in [0.4, 0.5) is 5.69 Å². The van der Waals surface area contributed by atoms with Crippen LogP contribution in [-0.2, 0) is 17.8 Å². The molecule has 0 N–H and O–H groups in total. The molecule has 4 heteroatoms. The van der Waals surface area contributed by atoms with Gasteiger partial charge in [0.15, 0.2) is 0 Å². The van der Waals surface area contributed by atoms with Crippen LogP contribution < -0.4 is 4.90 Å². The summed E-state index contributed by atoms with van der Waals surface area (Å²) in [5.74, 6) is 1.15. The molecule has 4 nitrogen and oxygen atoms in total. The number of anilines is 1. The van der Waals surface area contributed by atoms with Crippen molar-refractivity contribution in [2.24, 2.45) is 5.92 Å². The van der Waals surface area contributed by atoms with E-state index in [1.165, 1.54) is 42.5 Å². The normalized spacial score (nSPS) is 22.5. The highest BCUT2D eigenvalue weighted by atomic mass is 16.2. The third kappa shape index (κ3) is 3.59. The first-order chi connectivity index (χ1) is 11.7. The molecule has 0 spiro atoms. The molecule has 1 aliphatic carbocycles. The summed E-state index contributed by atoms with van der Waals surface area (Å²) >= 11 is 0. The second kappa shape index (κ2) is 6.75. The fraction of sp³-hybridized carbons (Fsp3) is 0.650. The van der Waals surface area contributed by atoms with Crippen molar-refractivity contribution in [1.82, 2.24) is 9.80 Å². The van der Waals surface area contributed by atoms with Gasteiger partial charge >= 0.3 is 0 Å². The number of rotatable bonds is 4. The molecule has 1 amide bonds. The first-order valence-electron chi connectivity index (χ1n) is 9.52. The molecule has 0 unspecified atom stereocenters. The lowest BCUT2D eigenvalue weighted by Crippen LogP contribution is -2.34. The molecular formula is C20H29N3O. The van der Waals surface area contributed by atoms with Crippen LogP contribution in [0, 0.1) is 5.92 Å². The number of carbonyl (C=O) groups excluding carboxylic acids is 1. The van der Waals surface area contributed by atoms with Crippen LogP contribution in [-0.4, -0.2) is 55.5 Å². The van der Waals surface area contributed by atoms with Gasteiger partial charge in [0.05, 0.1) is 0 Å². The van der Waals surface area contributed by atoms with Crippen LogP contribution in [0.5, 0.6) is 0 Å². The van der Waals surface area contributed by atoms with E-state index < -0.39 is 0 Å². The Morgan fingerprint density at radius 3 is 2.79 bits per heavy atom. The molecule has 1 saturated heterocycles. The number of amides is 1. The number of nitrogens with zero attached hydrogens (tertiary/aromatic N) is 3. The summed E-state index contributed by atoms with van der Waals surface area (Å²) in [6, 6.07) is 6.95. The molecule has 2 fully saturated rings. The van der Waals surface area contributed by atoms with E-state index in [9.17, 15) is 4.79 Å². The van der Waals surface area contributed by atoms with E-state index in [0.717, 1.165) is 45.2 Å². The summed E-state index contributed by atoms with van der Waals surface area (Å²) in [6.07, 6.45) is 5.76. The minimum atomic E-state index is 0.358. The van der Waals surface area contributed by atoms with Crippen molar-refractivity contribution in [3.05, 3.63) is 29.3 Å². The molecule has 4 rings (SSSR count). The van der Waals surface area contributed by atoms with Crippen molar-refractivity contribution in [3.8, 4) is 0 Å². The molecule has 0 aromatic heterocycles. The molecule has 0 bridgehead atoms. The summed E-state index contributed by atoms with van der Waals surface area (Å²) < 4.78 is 0. The highest BCUT2D eigenvalue weighted by Crippen LogP contribution is 2.30. The number of hydrogen-bond donors (Lipinski definition) is 0. The lowest BCUT2D eigenvalue weighted by Gasteiger charge is -2.28. The third-order valence-corrected chi connectivity index (χ3v) is 5.76. The van der Waals surface area contributed by atoms with Crippen LogP contribution in [0.2, 0.25) is 0 Å². The Hall–Kier alpha value is -1.55. The zero-order valence-corrected chi connectivity index (χ0v) is 14.8. The van der Waals surface area contributed by atoms with Gasteiger partial charge in [-0.1, -0.05) is 12.1 Å². The van der Waals surface area contributed by atoms with E-state index >= 15 is 0 Å². The van der Waals surface area contributed by atoms with Crippen LogP contribution in [0.1, 0.15) is 36.8 Å². The standard InChI is InChI=1S/C20H29N3O/c1-21-9-2-3-18-13-17(6-7-19(18)21)14-22-10-8-20(24)23(12-11-22)15-16-4-5-16/h6-7,13,16H,2-5,8-12,14-15H2,1H3. The Labute approximate surface area is 145 Å². The van der Waals surface area contributed by atoms with E-state index in [0.29, 0.717) is 12.3 Å². The maximum Gasteiger partial charge on any atom is 0.223 e. The zero-order valence-electron chi connectivity index (χ0n) is 14.8. The SMILES string of the molecule is CN1CCCc2cc(CN3CCC(=O)N(CC4CC4)CC3)ccc21. The molecule has 2 aliphatic heterocycles. The smallest absolute Gasteiger partial charge is 0.223 e. The van der Waals surface area contributed by atoms with E-state index in [-0.39, 0.29) is 0 Å². The molecule has 1 saturated carbocycles. The van der Waals surface area contributed by atoms with Crippen LogP contribution in [0.25, 0.3) is 0 Å². The van der Waals surface area contributed by atoms with Crippen molar-refractivity contribution in [3.63, 3.8) is 0 Å². The van der Waals surface area contributed by atoms with Crippen molar-refractivity contribution in [2.45, 2.75) is 38.6 Å². The predicted molar refractivity (Wildman–Crippen MR) is 97.2 cm³/mol. The minimum Gasteiger partial charge on any atom is -0.374 e. The van der Waals surface area contributed by atoms with Crippen molar-refractivity contribution in [1.29, 1.82) is 0 Å². The summed E-state index contributed by atoms with van der Waals surface area (Å²) in [6.45, 7) is 5.95. The Morgan fingerprint density at radius 2 is 1.96 bits per heavy atom. The topological polar surface area (TPSA) is 26.8 Å². The van der Waals surface area contributed by atoms with E-state index in [2.05, 4.69) is 39.9 Å². The number of hydrogen-bond acceptors (Lipinski definition) is 3. The summed E-state index contributed by atoms with van der Waals surface area (Å²) in [7, 11) is 2.19. The van der Waals surface area contributed by atoms with Crippen molar-refractivity contribution < 1.29 is 4.79 Å². The fourth-order valence-corrected chi connectivity index (χ4v) is 4.07. The van der Waals surface area contributed by atoms with E-state index in [1.807, 2.05) is 0 Å². The average molecular weight is 327 g/mol. The molecule has 1 aromatic carbocycles. The van der Waals surface area contributed by atoms with Crippen LogP contribution >= 0.6 is 0 Å². The van der Waals surface area contributed by atoms with Crippen molar-refractivity contribution in [2.75, 3.05) is 44.7 Å². The maximum absolute atomic E-state index is 12.3. The average Bonchev–Trinajstić information content (AvgIpc) is 3.40. The summed E-state index contributed by atoms with van der Waals surface area (Å²) in [5, 5.41) is 0. The second-order valence-electron chi connectivity index (χ2n) is 7.80. The molecule has 2 heterocycles. The Kier molecular flexibility index (Phi) is 4.49. The molecule has 0 atom stereocenters. The predicted octanol–water partition coefficient (Wildman–Crippen LogP) is 2.51. The molecular weight excluding hydrogens is 298 g/mol. The largest absolute Gasteiger partial charge is 0.374 e. The molecule has 0 radical (unpaired) electrons. The monoisotopic (exact) mass is 327 g/mol. The highest BCUT2D eigenvalue weighted by molar-refractivity contribution is 5.76. The van der Waals surface area contributed by atoms with Crippen LogP contribution in [0.15, 0.2) is 18.2 Å². The lowest BCUT2D eigenvalue weighted by molar-refractivity contribution is -0.130. The molecule has 130 valence electrons. The third-order valence-electron chi connectivity index (χ3n) is 5.76.